The quantitative estimate of drug-likeness (QED) is 0.659. The number of hydrogen-bond donors (Lipinski definition) is 0. The maximum absolute atomic E-state index is 14.2. The van der Waals surface area contributed by atoms with Crippen molar-refractivity contribution in [3.63, 3.8) is 0 Å². The third-order valence-electron chi connectivity index (χ3n) is 3.48. The summed E-state index contributed by atoms with van der Waals surface area (Å²) in [6, 6.07) is 10.4. The minimum Gasteiger partial charge on any atom is -0.383 e. The van der Waals surface area contributed by atoms with Crippen LogP contribution in [-0.2, 0) is 21.3 Å². The molecule has 0 fully saturated rings. The van der Waals surface area contributed by atoms with Gasteiger partial charge in [0.15, 0.2) is 0 Å². The van der Waals surface area contributed by atoms with Crippen molar-refractivity contribution >= 4 is 43.2 Å². The van der Waals surface area contributed by atoms with Crippen molar-refractivity contribution < 1.29 is 17.5 Å². The van der Waals surface area contributed by atoms with Crippen LogP contribution in [0.25, 0.3) is 10.2 Å². The largest absolute Gasteiger partial charge is 0.383 e. The first-order valence-electron chi connectivity index (χ1n) is 7.26. The van der Waals surface area contributed by atoms with Crippen molar-refractivity contribution in [3.8, 4) is 0 Å². The zero-order valence-corrected chi connectivity index (χ0v) is 15.5. The maximum atomic E-state index is 14.2. The van der Waals surface area contributed by atoms with Crippen molar-refractivity contribution in [2.24, 2.45) is 4.40 Å². The fraction of sp³-hybridized carbons (Fsp3) is 0.188. The summed E-state index contributed by atoms with van der Waals surface area (Å²) in [4.78, 5) is 0.209. The Balaban J connectivity index is 2.21. The first-order chi connectivity index (χ1) is 11.9. The van der Waals surface area contributed by atoms with Crippen molar-refractivity contribution in [2.75, 3.05) is 13.7 Å². The number of thiazole rings is 1. The lowest BCUT2D eigenvalue weighted by Crippen LogP contribution is -2.20. The molecule has 9 heteroatoms. The number of benzene rings is 2. The Bertz CT molecular complexity index is 1070. The number of aromatic nitrogens is 1. The third-order valence-corrected chi connectivity index (χ3v) is 6.17. The molecular formula is C16H14ClFN2O3S2. The van der Waals surface area contributed by atoms with E-state index in [1.165, 1.54) is 42.0 Å². The molecule has 1 aromatic heterocycles. The average molecular weight is 401 g/mol. The van der Waals surface area contributed by atoms with Gasteiger partial charge in [-0.05, 0) is 36.4 Å². The minimum atomic E-state index is -3.95. The third kappa shape index (κ3) is 3.77. The van der Waals surface area contributed by atoms with E-state index in [4.69, 9.17) is 16.3 Å². The summed E-state index contributed by atoms with van der Waals surface area (Å²) in [5, 5.41) is 0.429. The van der Waals surface area contributed by atoms with Crippen LogP contribution < -0.4 is 4.80 Å². The van der Waals surface area contributed by atoms with Gasteiger partial charge in [-0.25, -0.2) is 4.39 Å². The van der Waals surface area contributed by atoms with Crippen LogP contribution in [0.5, 0.6) is 0 Å². The smallest absolute Gasteiger partial charge is 0.285 e. The summed E-state index contributed by atoms with van der Waals surface area (Å²) < 4.78 is 50.4. The molecule has 0 aliphatic carbocycles. The molecular weight excluding hydrogens is 387 g/mol. The van der Waals surface area contributed by atoms with E-state index in [0.29, 0.717) is 21.8 Å². The van der Waals surface area contributed by atoms with E-state index in [9.17, 15) is 12.8 Å². The molecule has 0 saturated carbocycles. The number of fused-ring (bicyclic) bond motifs is 1. The highest BCUT2D eigenvalue weighted by Gasteiger charge is 2.16. The van der Waals surface area contributed by atoms with Crippen LogP contribution in [0.1, 0.15) is 0 Å². The van der Waals surface area contributed by atoms with Crippen LogP contribution in [-0.4, -0.2) is 26.7 Å². The molecule has 0 aliphatic rings. The van der Waals surface area contributed by atoms with Gasteiger partial charge >= 0.3 is 0 Å². The highest BCUT2D eigenvalue weighted by molar-refractivity contribution is 7.90. The predicted molar refractivity (Wildman–Crippen MR) is 95.8 cm³/mol. The first-order valence-corrected chi connectivity index (χ1v) is 9.89. The molecule has 0 amide bonds. The average Bonchev–Trinajstić information content (AvgIpc) is 2.91. The zero-order valence-electron chi connectivity index (χ0n) is 13.1. The summed E-state index contributed by atoms with van der Waals surface area (Å²) >= 11 is 6.90. The Morgan fingerprint density at radius 1 is 1.24 bits per heavy atom. The molecule has 0 spiro atoms. The van der Waals surface area contributed by atoms with Crippen molar-refractivity contribution in [1.82, 2.24) is 4.57 Å². The molecule has 25 heavy (non-hydrogen) atoms. The second kappa shape index (κ2) is 7.25. The van der Waals surface area contributed by atoms with Crippen LogP contribution in [0.3, 0.4) is 0 Å². The Morgan fingerprint density at radius 2 is 1.96 bits per heavy atom. The van der Waals surface area contributed by atoms with Crippen LogP contribution in [0, 0.1) is 5.82 Å². The van der Waals surface area contributed by atoms with Crippen LogP contribution in [0.2, 0.25) is 5.02 Å². The van der Waals surface area contributed by atoms with Gasteiger partial charge in [0, 0.05) is 18.7 Å². The number of hydrogen-bond acceptors (Lipinski definition) is 4. The van der Waals surface area contributed by atoms with Crippen molar-refractivity contribution in [2.45, 2.75) is 11.4 Å². The van der Waals surface area contributed by atoms with Gasteiger partial charge in [0.2, 0.25) is 4.80 Å². The molecule has 0 atom stereocenters. The minimum absolute atomic E-state index is 0.0214. The molecule has 0 unspecified atom stereocenters. The van der Waals surface area contributed by atoms with Gasteiger partial charge in [0.05, 0.1) is 21.7 Å². The summed E-state index contributed by atoms with van der Waals surface area (Å²) in [6.07, 6.45) is 0. The molecule has 3 rings (SSSR count). The second-order valence-electron chi connectivity index (χ2n) is 5.14. The fourth-order valence-corrected chi connectivity index (χ4v) is 4.71. The number of para-hydroxylation sites is 1. The number of methoxy groups -OCH3 is 1. The van der Waals surface area contributed by atoms with E-state index in [0.717, 1.165) is 11.3 Å². The van der Waals surface area contributed by atoms with Crippen molar-refractivity contribution in [1.29, 1.82) is 0 Å². The first kappa shape index (κ1) is 18.1. The highest BCUT2D eigenvalue weighted by Crippen LogP contribution is 2.21. The second-order valence-corrected chi connectivity index (χ2v) is 8.19. The molecule has 2 aromatic carbocycles. The molecule has 0 N–H and O–H groups in total. The van der Waals surface area contributed by atoms with E-state index in [1.807, 2.05) is 0 Å². The summed E-state index contributed by atoms with van der Waals surface area (Å²) in [5.74, 6) is -0.435. The molecule has 0 bridgehead atoms. The van der Waals surface area contributed by atoms with Gasteiger partial charge in [-0.1, -0.05) is 29.0 Å². The lowest BCUT2D eigenvalue weighted by atomic mass is 10.3. The molecule has 3 aromatic rings. The summed E-state index contributed by atoms with van der Waals surface area (Å²) in [6.45, 7) is 0.584. The standard InChI is InChI=1S/C16H14ClFN2O3S2/c1-23-10-9-20-15-13(18)3-2-4-14(15)24-16(20)19-25(21,22)12-7-5-11(17)6-8-12/h2-8H,9-10H2,1H3. The van der Waals surface area contributed by atoms with Gasteiger partial charge in [-0.3, -0.25) is 0 Å². The van der Waals surface area contributed by atoms with Crippen LogP contribution in [0.15, 0.2) is 51.8 Å². The molecule has 5 nitrogen and oxygen atoms in total. The normalized spacial score (nSPS) is 12.8. The van der Waals surface area contributed by atoms with Gasteiger partial charge < -0.3 is 9.30 Å². The number of nitrogens with zero attached hydrogens (tertiary/aromatic N) is 2. The number of halogens is 2. The van der Waals surface area contributed by atoms with E-state index >= 15 is 0 Å². The molecule has 132 valence electrons. The molecule has 1 heterocycles. The number of ether oxygens (including phenoxy) is 1. The summed E-state index contributed by atoms with van der Waals surface area (Å²) in [7, 11) is -2.42. The van der Waals surface area contributed by atoms with Crippen LogP contribution >= 0.6 is 22.9 Å². The predicted octanol–water partition coefficient (Wildman–Crippen LogP) is 3.43. The molecule has 0 aliphatic heterocycles. The van der Waals surface area contributed by atoms with Gasteiger partial charge in [-0.2, -0.15) is 8.42 Å². The number of sulfonamides is 1. The van der Waals surface area contributed by atoms with E-state index in [2.05, 4.69) is 4.40 Å². The monoisotopic (exact) mass is 400 g/mol. The Hall–Kier alpha value is -1.74. The summed E-state index contributed by atoms with van der Waals surface area (Å²) in [5.41, 5.74) is 0.314. The van der Waals surface area contributed by atoms with Gasteiger partial charge in [-0.15, -0.1) is 4.40 Å². The maximum Gasteiger partial charge on any atom is 0.285 e. The highest BCUT2D eigenvalue weighted by atomic mass is 35.5. The zero-order chi connectivity index (χ0) is 18.0. The van der Waals surface area contributed by atoms with Gasteiger partial charge in [0.25, 0.3) is 10.0 Å². The van der Waals surface area contributed by atoms with E-state index in [1.54, 1.807) is 12.1 Å². The Kier molecular flexibility index (Phi) is 5.24. The van der Waals surface area contributed by atoms with Gasteiger partial charge in [0.1, 0.15) is 5.82 Å². The fourth-order valence-electron chi connectivity index (χ4n) is 2.31. The lowest BCUT2D eigenvalue weighted by molar-refractivity contribution is 0.187. The molecule has 0 radical (unpaired) electrons. The van der Waals surface area contributed by atoms with Crippen molar-refractivity contribution in [3.05, 3.63) is 58.1 Å². The molecule has 0 saturated heterocycles. The van der Waals surface area contributed by atoms with E-state index in [-0.39, 0.29) is 16.2 Å². The number of rotatable bonds is 5. The van der Waals surface area contributed by atoms with Crippen LogP contribution in [0.4, 0.5) is 4.39 Å². The lowest BCUT2D eigenvalue weighted by Gasteiger charge is -2.05. The SMILES string of the molecule is COCCn1c(=NS(=O)(=O)c2ccc(Cl)cc2)sc2cccc(F)c21. The van der Waals surface area contributed by atoms with E-state index < -0.39 is 15.8 Å². The Morgan fingerprint density at radius 3 is 2.64 bits per heavy atom. The Labute approximate surface area is 153 Å². The topological polar surface area (TPSA) is 60.7 Å².